The molecule has 1 aromatic rings. The molecule has 5 heteroatoms. The largest absolute Gasteiger partial charge is 0.338 e. The highest BCUT2D eigenvalue weighted by molar-refractivity contribution is 6.30. The second kappa shape index (κ2) is 8.13. The van der Waals surface area contributed by atoms with Crippen molar-refractivity contribution < 1.29 is 9.59 Å². The maximum Gasteiger partial charge on any atom is 0.223 e. The summed E-state index contributed by atoms with van der Waals surface area (Å²) in [5.74, 6) is 0.134. The summed E-state index contributed by atoms with van der Waals surface area (Å²) in [5, 5.41) is 0.615. The highest BCUT2D eigenvalue weighted by atomic mass is 35.5. The third-order valence-electron chi connectivity index (χ3n) is 5.10. The summed E-state index contributed by atoms with van der Waals surface area (Å²) in [7, 11) is 0. The van der Waals surface area contributed by atoms with Gasteiger partial charge in [0.25, 0.3) is 0 Å². The van der Waals surface area contributed by atoms with Crippen molar-refractivity contribution in [3.8, 4) is 0 Å². The number of carbonyl (C=O) groups excluding carboxylic acids is 2. The Kier molecular flexibility index (Phi) is 5.90. The van der Waals surface area contributed by atoms with Crippen LogP contribution in [-0.2, 0) is 4.79 Å². The Morgan fingerprint density at radius 2 is 1.71 bits per heavy atom. The van der Waals surface area contributed by atoms with E-state index in [1.807, 2.05) is 4.90 Å². The Bertz CT molecular complexity index is 582. The first-order valence-corrected chi connectivity index (χ1v) is 9.32. The molecule has 2 aliphatic rings. The van der Waals surface area contributed by atoms with E-state index in [-0.39, 0.29) is 18.1 Å². The summed E-state index contributed by atoms with van der Waals surface area (Å²) in [5.41, 5.74) is 0.627. The zero-order chi connectivity index (χ0) is 16.9. The van der Waals surface area contributed by atoms with Crippen molar-refractivity contribution in [2.45, 2.75) is 44.6 Å². The summed E-state index contributed by atoms with van der Waals surface area (Å²) >= 11 is 5.84. The van der Waals surface area contributed by atoms with Crippen LogP contribution in [0.1, 0.15) is 48.9 Å². The number of ketones is 1. The molecule has 2 aliphatic heterocycles. The van der Waals surface area contributed by atoms with Gasteiger partial charge in [0.1, 0.15) is 0 Å². The third-order valence-corrected chi connectivity index (χ3v) is 5.35. The summed E-state index contributed by atoms with van der Waals surface area (Å²) in [4.78, 5) is 29.2. The van der Waals surface area contributed by atoms with E-state index < -0.39 is 0 Å². The van der Waals surface area contributed by atoms with E-state index in [2.05, 4.69) is 4.90 Å². The highest BCUT2D eigenvalue weighted by Gasteiger charge is 2.30. The fourth-order valence-electron chi connectivity index (χ4n) is 3.76. The molecule has 0 bridgehead atoms. The zero-order valence-electron chi connectivity index (χ0n) is 14.0. The zero-order valence-corrected chi connectivity index (χ0v) is 14.8. The molecular formula is C19H25ClN2O2. The fourth-order valence-corrected chi connectivity index (χ4v) is 3.89. The van der Waals surface area contributed by atoms with Gasteiger partial charge in [-0.05, 0) is 63.0 Å². The van der Waals surface area contributed by atoms with Crippen molar-refractivity contribution in [3.05, 3.63) is 34.9 Å². The van der Waals surface area contributed by atoms with Gasteiger partial charge in [-0.3, -0.25) is 9.59 Å². The first kappa shape index (κ1) is 17.4. The number of carbonyl (C=O) groups is 2. The van der Waals surface area contributed by atoms with Crippen LogP contribution in [0.5, 0.6) is 0 Å². The van der Waals surface area contributed by atoms with Crippen LogP contribution in [0.4, 0.5) is 0 Å². The molecule has 24 heavy (non-hydrogen) atoms. The van der Waals surface area contributed by atoms with Gasteiger partial charge in [-0.2, -0.15) is 0 Å². The van der Waals surface area contributed by atoms with Crippen LogP contribution in [-0.4, -0.2) is 53.7 Å². The van der Waals surface area contributed by atoms with Crippen molar-refractivity contribution in [2.24, 2.45) is 0 Å². The van der Waals surface area contributed by atoms with Gasteiger partial charge < -0.3 is 9.80 Å². The van der Waals surface area contributed by atoms with Crippen LogP contribution in [0.3, 0.4) is 0 Å². The van der Waals surface area contributed by atoms with Crippen LogP contribution in [0.2, 0.25) is 5.02 Å². The second-order valence-corrected chi connectivity index (χ2v) is 7.26. The Morgan fingerprint density at radius 3 is 2.42 bits per heavy atom. The fraction of sp³-hybridized carbons (Fsp3) is 0.579. The number of benzene rings is 1. The van der Waals surface area contributed by atoms with Crippen molar-refractivity contribution >= 4 is 23.3 Å². The maximum absolute atomic E-state index is 12.6. The van der Waals surface area contributed by atoms with E-state index in [0.717, 1.165) is 39.0 Å². The maximum atomic E-state index is 12.6. The Balaban J connectivity index is 1.50. The van der Waals surface area contributed by atoms with Crippen LogP contribution in [0.25, 0.3) is 0 Å². The first-order valence-electron chi connectivity index (χ1n) is 8.94. The quantitative estimate of drug-likeness (QED) is 0.740. The van der Waals surface area contributed by atoms with Gasteiger partial charge in [-0.15, -0.1) is 0 Å². The molecule has 0 radical (unpaired) electrons. The molecule has 4 nitrogen and oxygen atoms in total. The van der Waals surface area contributed by atoms with E-state index in [0.29, 0.717) is 23.0 Å². The molecule has 0 aliphatic carbocycles. The third kappa shape index (κ3) is 4.37. The van der Waals surface area contributed by atoms with Crippen LogP contribution < -0.4 is 0 Å². The van der Waals surface area contributed by atoms with Crippen LogP contribution in [0, 0.1) is 0 Å². The number of nitrogens with zero attached hydrogens (tertiary/aromatic N) is 2. The summed E-state index contributed by atoms with van der Waals surface area (Å²) < 4.78 is 0. The van der Waals surface area contributed by atoms with Gasteiger partial charge in [-0.25, -0.2) is 0 Å². The molecule has 1 atom stereocenters. The molecule has 0 N–H and O–H groups in total. The predicted octanol–water partition coefficient (Wildman–Crippen LogP) is 3.39. The first-order chi connectivity index (χ1) is 11.6. The monoisotopic (exact) mass is 348 g/mol. The lowest BCUT2D eigenvalue weighted by molar-refractivity contribution is -0.132. The number of hydrogen-bond acceptors (Lipinski definition) is 3. The van der Waals surface area contributed by atoms with E-state index in [1.165, 1.54) is 12.8 Å². The summed E-state index contributed by atoms with van der Waals surface area (Å²) in [6, 6.07) is 7.20. The summed E-state index contributed by atoms with van der Waals surface area (Å²) in [6.45, 7) is 4.16. The van der Waals surface area contributed by atoms with Crippen molar-refractivity contribution in [2.75, 3.05) is 26.2 Å². The summed E-state index contributed by atoms with van der Waals surface area (Å²) in [6.07, 6.45) is 5.29. The molecule has 1 amide bonds. The second-order valence-electron chi connectivity index (χ2n) is 6.82. The average Bonchev–Trinajstić information content (AvgIpc) is 3.25. The normalized spacial score (nSPS) is 21.4. The van der Waals surface area contributed by atoms with Gasteiger partial charge in [0.2, 0.25) is 5.91 Å². The van der Waals surface area contributed by atoms with Crippen molar-refractivity contribution in [1.29, 1.82) is 0 Å². The molecule has 0 spiro atoms. The van der Waals surface area contributed by atoms with Gasteiger partial charge >= 0.3 is 0 Å². The van der Waals surface area contributed by atoms with E-state index in [9.17, 15) is 9.59 Å². The van der Waals surface area contributed by atoms with Gasteiger partial charge in [-0.1, -0.05) is 11.6 Å². The minimum absolute atomic E-state index is 0.00954. The Labute approximate surface area is 148 Å². The predicted molar refractivity (Wildman–Crippen MR) is 95.4 cm³/mol. The molecule has 3 rings (SSSR count). The topological polar surface area (TPSA) is 40.6 Å². The van der Waals surface area contributed by atoms with Gasteiger partial charge in [0.15, 0.2) is 5.78 Å². The van der Waals surface area contributed by atoms with E-state index in [1.54, 1.807) is 24.3 Å². The molecule has 2 heterocycles. The molecule has 0 aromatic heterocycles. The average molecular weight is 349 g/mol. The highest BCUT2D eigenvalue weighted by Crippen LogP contribution is 2.22. The molecule has 2 fully saturated rings. The van der Waals surface area contributed by atoms with E-state index in [4.69, 9.17) is 11.6 Å². The molecule has 2 saturated heterocycles. The lowest BCUT2D eigenvalue weighted by atomic mass is 10.1. The van der Waals surface area contributed by atoms with Crippen molar-refractivity contribution in [3.63, 3.8) is 0 Å². The number of Topliss-reactive ketones (excluding diaryl/α,β-unsaturated/α-hetero) is 1. The Morgan fingerprint density at radius 1 is 1.00 bits per heavy atom. The standard InChI is InChI=1S/C19H25ClN2O2/c20-16-7-5-15(6-8-16)18(23)9-10-19(24)22-13-3-4-17(22)14-21-11-1-2-12-21/h5-8,17H,1-4,9-14H2. The minimum Gasteiger partial charge on any atom is -0.338 e. The number of likely N-dealkylation sites (tertiary alicyclic amines) is 2. The lowest BCUT2D eigenvalue weighted by Gasteiger charge is -2.28. The number of halogens is 1. The number of hydrogen-bond donors (Lipinski definition) is 0. The van der Waals surface area contributed by atoms with Crippen LogP contribution >= 0.6 is 11.6 Å². The smallest absolute Gasteiger partial charge is 0.223 e. The minimum atomic E-state index is 0.00954. The van der Waals surface area contributed by atoms with E-state index >= 15 is 0 Å². The van der Waals surface area contributed by atoms with Crippen molar-refractivity contribution in [1.82, 2.24) is 9.80 Å². The number of rotatable bonds is 6. The molecule has 1 unspecified atom stereocenters. The molecule has 130 valence electrons. The van der Waals surface area contributed by atoms with Gasteiger partial charge in [0, 0.05) is 42.6 Å². The molecule has 1 aromatic carbocycles. The van der Waals surface area contributed by atoms with Crippen LogP contribution in [0.15, 0.2) is 24.3 Å². The Hall–Kier alpha value is -1.39. The number of amides is 1. The molecule has 0 saturated carbocycles. The van der Waals surface area contributed by atoms with Gasteiger partial charge in [0.05, 0.1) is 0 Å². The SMILES string of the molecule is O=C(CCC(=O)N1CCCC1CN1CCCC1)c1ccc(Cl)cc1. The lowest BCUT2D eigenvalue weighted by Crippen LogP contribution is -2.42. The molecular weight excluding hydrogens is 324 g/mol.